The number of fused-ring (bicyclic) bond motifs is 6. The molecule has 0 radical (unpaired) electrons. The minimum atomic E-state index is -3.94. The maximum Gasteiger partial charge on any atom is 0.408 e. The summed E-state index contributed by atoms with van der Waals surface area (Å²) in [7, 11) is -3.94. The van der Waals surface area contributed by atoms with Crippen LogP contribution in [0.15, 0.2) is 46.9 Å². The second-order valence-corrected chi connectivity index (χ2v) is 19.3. The van der Waals surface area contributed by atoms with Gasteiger partial charge >= 0.3 is 6.09 Å². The van der Waals surface area contributed by atoms with Gasteiger partial charge in [0, 0.05) is 34.7 Å². The van der Waals surface area contributed by atoms with E-state index >= 15 is 0 Å². The number of ether oxygens (including phenoxy) is 3. The molecule has 5 aliphatic rings. The van der Waals surface area contributed by atoms with Crippen molar-refractivity contribution in [3.8, 4) is 11.5 Å². The molecule has 9 rings (SSSR count). The van der Waals surface area contributed by atoms with Crippen LogP contribution in [0.2, 0.25) is 0 Å². The standard InChI is InChI=1S/C45H52FN5O10S/c1-3-58-36-20-19-32-37-40(61-38(32)25(36)2)39(31-18-15-27(46)21-34(31)47-37)59-29-22-35-41(52)49-45(43(54)50-62(56,57)30-16-17-30)23-26(45)11-7-5-4-6-8-14-33(42(53)51(35)24-29)48-44(55)60-28-12-9-10-13-28/h7,11,15,18-21,26,28-30,33,35H,3-6,8-10,12-14,16-17,22-24H2,1-2H3,(H,48,55)(H,49,52)(H,50,54)/t26-,29-,33+,35+,45-/m1/s1. The number of allylic oxidation sites excluding steroid dienone is 1. The molecule has 2 aromatic heterocycles. The van der Waals surface area contributed by atoms with Gasteiger partial charge in [0.1, 0.15) is 52.5 Å². The predicted octanol–water partition coefficient (Wildman–Crippen LogP) is 6.37. The highest BCUT2D eigenvalue weighted by Crippen LogP contribution is 2.47. The zero-order valence-electron chi connectivity index (χ0n) is 34.9. The fourth-order valence-electron chi connectivity index (χ4n) is 9.34. The Hall–Kier alpha value is -5.45. The molecule has 4 amide bonds. The summed E-state index contributed by atoms with van der Waals surface area (Å²) < 4.78 is 67.8. The van der Waals surface area contributed by atoms with E-state index < -0.39 is 74.5 Å². The summed E-state index contributed by atoms with van der Waals surface area (Å²) in [6.45, 7) is 4.08. The Morgan fingerprint density at radius 2 is 1.77 bits per heavy atom. The SMILES string of the molecule is CCOc1ccc2c(oc3c(O[C@@H]4C[C@H]5C(=O)N[C@]6(C(=O)NS(=O)(=O)C7CC7)C[C@H]6C=CCCCCC[C@H](NC(=O)OC6CCCC6)C(=O)N5C4)c4ccc(F)cc4nc32)c1C. The monoisotopic (exact) mass is 873 g/mol. The molecular weight excluding hydrogens is 822 g/mol. The minimum absolute atomic E-state index is 0.0460. The Balaban J connectivity index is 1.08. The van der Waals surface area contributed by atoms with E-state index in [1.165, 1.54) is 17.0 Å². The van der Waals surface area contributed by atoms with Crippen LogP contribution in [-0.4, -0.2) is 90.3 Å². The first-order valence-corrected chi connectivity index (χ1v) is 23.5. The van der Waals surface area contributed by atoms with Crippen molar-refractivity contribution in [3.05, 3.63) is 53.9 Å². The molecule has 17 heteroatoms. The first-order chi connectivity index (χ1) is 29.8. The molecule has 0 bridgehead atoms. The number of carbonyl (C=O) groups excluding carboxylic acids is 4. The van der Waals surface area contributed by atoms with Crippen molar-refractivity contribution in [3.63, 3.8) is 0 Å². The highest BCUT2D eigenvalue weighted by atomic mass is 32.2. The quantitative estimate of drug-likeness (QED) is 0.158. The van der Waals surface area contributed by atoms with Gasteiger partial charge in [0.05, 0.1) is 23.9 Å². The Bertz CT molecular complexity index is 2590. The largest absolute Gasteiger partial charge is 0.493 e. The Morgan fingerprint density at radius 3 is 2.55 bits per heavy atom. The molecule has 3 N–H and O–H groups in total. The molecular formula is C45H52FN5O10S. The van der Waals surface area contributed by atoms with E-state index in [9.17, 15) is 32.0 Å². The first-order valence-electron chi connectivity index (χ1n) is 21.9. The summed E-state index contributed by atoms with van der Waals surface area (Å²) >= 11 is 0. The van der Waals surface area contributed by atoms with Gasteiger partial charge in [-0.2, -0.15) is 0 Å². The van der Waals surface area contributed by atoms with Crippen molar-refractivity contribution in [2.24, 2.45) is 5.92 Å². The molecule has 62 heavy (non-hydrogen) atoms. The van der Waals surface area contributed by atoms with Crippen LogP contribution >= 0.6 is 0 Å². The van der Waals surface area contributed by atoms with Crippen molar-refractivity contribution in [2.45, 2.75) is 132 Å². The van der Waals surface area contributed by atoms with Gasteiger partial charge in [0.15, 0.2) is 11.3 Å². The van der Waals surface area contributed by atoms with Crippen molar-refractivity contribution < 1.29 is 50.6 Å². The molecule has 0 spiro atoms. The number of nitrogens with zero attached hydrogens (tertiary/aromatic N) is 2. The van der Waals surface area contributed by atoms with Gasteiger partial charge in [-0.05, 0) is 102 Å². The number of halogens is 1. The molecule has 2 aromatic carbocycles. The number of aryl methyl sites for hydroxylation is 1. The summed E-state index contributed by atoms with van der Waals surface area (Å²) in [5.41, 5.74) is 0.689. The van der Waals surface area contributed by atoms with Gasteiger partial charge < -0.3 is 34.2 Å². The van der Waals surface area contributed by atoms with Crippen LogP contribution in [0.4, 0.5) is 9.18 Å². The van der Waals surface area contributed by atoms with Gasteiger partial charge in [0.25, 0.3) is 5.91 Å². The lowest BCUT2D eigenvalue weighted by atomic mass is 10.0. The number of carbonyl (C=O) groups is 4. The number of aromatic nitrogens is 1. The zero-order valence-corrected chi connectivity index (χ0v) is 35.7. The third-order valence-electron chi connectivity index (χ3n) is 13.0. The molecule has 4 heterocycles. The normalized spacial score (nSPS) is 26.1. The van der Waals surface area contributed by atoms with Crippen LogP contribution in [0.3, 0.4) is 0 Å². The van der Waals surface area contributed by atoms with Crippen LogP contribution < -0.4 is 24.8 Å². The maximum absolute atomic E-state index is 14.8. The Labute approximate surface area is 358 Å². The minimum Gasteiger partial charge on any atom is -0.493 e. The number of pyridine rings is 1. The summed E-state index contributed by atoms with van der Waals surface area (Å²) in [4.78, 5) is 62.9. The van der Waals surface area contributed by atoms with Crippen molar-refractivity contribution in [1.29, 1.82) is 0 Å². The van der Waals surface area contributed by atoms with Gasteiger partial charge in [-0.15, -0.1) is 0 Å². The Kier molecular flexibility index (Phi) is 11.3. The number of furan rings is 1. The lowest BCUT2D eigenvalue weighted by Gasteiger charge is -2.30. The zero-order chi connectivity index (χ0) is 43.3. The lowest BCUT2D eigenvalue weighted by molar-refractivity contribution is -0.141. The van der Waals surface area contributed by atoms with Crippen molar-refractivity contribution in [2.75, 3.05) is 13.2 Å². The molecule has 2 aliphatic heterocycles. The first kappa shape index (κ1) is 41.9. The molecule has 0 unspecified atom stereocenters. The average Bonchev–Trinajstić information content (AvgIpc) is 4.05. The number of amides is 4. The molecule has 5 atom stereocenters. The summed E-state index contributed by atoms with van der Waals surface area (Å²) in [5.74, 6) is -2.13. The molecule has 4 fully saturated rings. The summed E-state index contributed by atoms with van der Waals surface area (Å²) in [6.07, 6.45) is 9.48. The number of alkyl carbamates (subject to hydrolysis) is 1. The smallest absolute Gasteiger partial charge is 0.408 e. The van der Waals surface area contributed by atoms with E-state index in [4.69, 9.17) is 23.6 Å². The highest BCUT2D eigenvalue weighted by Gasteiger charge is 2.62. The van der Waals surface area contributed by atoms with Crippen LogP contribution in [0.1, 0.15) is 96.0 Å². The van der Waals surface area contributed by atoms with Crippen LogP contribution in [0.5, 0.6) is 11.5 Å². The van der Waals surface area contributed by atoms with E-state index in [0.29, 0.717) is 65.4 Å². The molecule has 330 valence electrons. The Morgan fingerprint density at radius 1 is 1.00 bits per heavy atom. The third kappa shape index (κ3) is 8.15. The van der Waals surface area contributed by atoms with Crippen molar-refractivity contribution in [1.82, 2.24) is 25.2 Å². The summed E-state index contributed by atoms with van der Waals surface area (Å²) in [6, 6.07) is 5.53. The number of hydrogen-bond acceptors (Lipinski definition) is 11. The predicted molar refractivity (Wildman–Crippen MR) is 226 cm³/mol. The number of rotatable bonds is 9. The van der Waals surface area contributed by atoms with Crippen molar-refractivity contribution >= 4 is 66.8 Å². The van der Waals surface area contributed by atoms with E-state index in [2.05, 4.69) is 15.4 Å². The van der Waals surface area contributed by atoms with Gasteiger partial charge in [-0.1, -0.05) is 25.0 Å². The van der Waals surface area contributed by atoms with Gasteiger partial charge in [-0.3, -0.25) is 19.1 Å². The van der Waals surface area contributed by atoms with E-state index in [-0.39, 0.29) is 43.2 Å². The number of nitrogens with one attached hydrogen (secondary N) is 3. The maximum atomic E-state index is 14.8. The topological polar surface area (TPSA) is 195 Å². The van der Waals surface area contributed by atoms with E-state index in [0.717, 1.165) is 44.1 Å². The number of benzene rings is 2. The van der Waals surface area contributed by atoms with E-state index in [1.807, 2.05) is 38.1 Å². The van der Waals surface area contributed by atoms with Gasteiger partial charge in [0.2, 0.25) is 21.8 Å². The second-order valence-electron chi connectivity index (χ2n) is 17.4. The average molecular weight is 874 g/mol. The van der Waals surface area contributed by atoms with Gasteiger partial charge in [-0.25, -0.2) is 22.6 Å². The summed E-state index contributed by atoms with van der Waals surface area (Å²) in [5, 5.41) is 6.15. The lowest BCUT2D eigenvalue weighted by Crippen LogP contribution is -2.58. The molecule has 3 aliphatic carbocycles. The molecule has 3 saturated carbocycles. The molecule has 1 saturated heterocycles. The fourth-order valence-corrected chi connectivity index (χ4v) is 10.7. The number of sulfonamides is 1. The molecule has 15 nitrogen and oxygen atoms in total. The third-order valence-corrected chi connectivity index (χ3v) is 14.8. The molecule has 4 aromatic rings. The number of hydrogen-bond donors (Lipinski definition) is 3. The van der Waals surface area contributed by atoms with Crippen LogP contribution in [0.25, 0.3) is 33.0 Å². The fraction of sp³-hybridized carbons (Fsp3) is 0.533. The van der Waals surface area contributed by atoms with Crippen LogP contribution in [0, 0.1) is 18.7 Å². The van der Waals surface area contributed by atoms with E-state index in [1.54, 1.807) is 6.07 Å². The van der Waals surface area contributed by atoms with Crippen LogP contribution in [-0.2, 0) is 29.1 Å². The second kappa shape index (κ2) is 16.7. The highest BCUT2D eigenvalue weighted by molar-refractivity contribution is 7.91.